The number of pyridine rings is 3. The Labute approximate surface area is 355 Å². The van der Waals surface area contributed by atoms with E-state index in [1.54, 1.807) is 26.0 Å². The van der Waals surface area contributed by atoms with Gasteiger partial charge < -0.3 is 14.4 Å². The minimum Gasteiger partial charge on any atom is -0.486 e. The van der Waals surface area contributed by atoms with Crippen LogP contribution in [-0.4, -0.2) is 23.0 Å². The molecule has 4 aromatic heterocycles. The Hall–Kier alpha value is -5.00. The number of hydrogen-bond acceptors (Lipinski definition) is 4. The van der Waals surface area contributed by atoms with Crippen molar-refractivity contribution in [1.82, 2.24) is 15.0 Å². The Morgan fingerprint density at radius 3 is 2.12 bits per heavy atom. The summed E-state index contributed by atoms with van der Waals surface area (Å²) in [6, 6.07) is 43.4. The summed E-state index contributed by atoms with van der Waals surface area (Å²) in [6.07, 6.45) is 1.92. The predicted octanol–water partition coefficient (Wildman–Crippen LogP) is 12.9. The molecule has 0 atom stereocenters. The summed E-state index contributed by atoms with van der Waals surface area (Å²) in [4.78, 5) is 13.8. The van der Waals surface area contributed by atoms with Gasteiger partial charge >= 0.3 is 0 Å². The van der Waals surface area contributed by atoms with Crippen molar-refractivity contribution in [3.8, 4) is 44.8 Å². The second-order valence-corrected chi connectivity index (χ2v) is 20.3. The average molecular weight is 934 g/mol. The number of benzene rings is 4. The van der Waals surface area contributed by atoms with Crippen LogP contribution in [0.2, 0.25) is 19.6 Å². The molecule has 8 aromatic rings. The summed E-state index contributed by atoms with van der Waals surface area (Å²) >= 11 is 0. The van der Waals surface area contributed by atoms with Gasteiger partial charge in [-0.3, -0.25) is 0 Å². The van der Waals surface area contributed by atoms with Crippen molar-refractivity contribution in [3.63, 3.8) is 0 Å². The number of hydrogen-bond donors (Lipinski definition) is 0. The Bertz CT molecular complexity index is 2830. The number of aryl methyl sites for hydroxylation is 1. The molecule has 0 spiro atoms. The van der Waals surface area contributed by atoms with Gasteiger partial charge in [-0.25, -0.2) is 4.98 Å². The normalized spacial score (nSPS) is 13.7. The molecular formula is C50H49IrN3OSi-2. The third-order valence-electron chi connectivity index (χ3n) is 9.40. The van der Waals surface area contributed by atoms with Gasteiger partial charge in [0.15, 0.2) is 0 Å². The molecular weight excluding hydrogens is 879 g/mol. The molecule has 6 heteroatoms. The fourth-order valence-electron chi connectivity index (χ4n) is 6.59. The van der Waals surface area contributed by atoms with Crippen LogP contribution >= 0.6 is 0 Å². The van der Waals surface area contributed by atoms with Gasteiger partial charge in [-0.1, -0.05) is 137 Å². The van der Waals surface area contributed by atoms with Crippen LogP contribution in [0.15, 0.2) is 132 Å². The molecule has 0 fully saturated rings. The molecule has 0 unspecified atom stereocenters. The maximum Gasteiger partial charge on any atom is 0.216 e. The first-order valence-corrected chi connectivity index (χ1v) is 22.1. The Morgan fingerprint density at radius 2 is 1.45 bits per heavy atom. The predicted molar refractivity (Wildman–Crippen MR) is 233 cm³/mol. The van der Waals surface area contributed by atoms with Crippen LogP contribution in [0.4, 0.5) is 0 Å². The molecule has 285 valence electrons. The zero-order valence-electron chi connectivity index (χ0n) is 38.8. The molecule has 0 aliphatic heterocycles. The monoisotopic (exact) mass is 934 g/mol. The van der Waals surface area contributed by atoms with Gasteiger partial charge in [0.2, 0.25) is 5.71 Å². The Morgan fingerprint density at radius 1 is 0.750 bits per heavy atom. The van der Waals surface area contributed by atoms with Gasteiger partial charge in [0.1, 0.15) is 0 Å². The topological polar surface area (TPSA) is 51.8 Å². The van der Waals surface area contributed by atoms with Gasteiger partial charge in [-0.2, -0.15) is 0 Å². The summed E-state index contributed by atoms with van der Waals surface area (Å²) in [6.45, 7) is 11.9. The maximum absolute atomic E-state index is 8.73. The molecule has 0 bridgehead atoms. The van der Waals surface area contributed by atoms with E-state index >= 15 is 0 Å². The SMILES string of the molecule is [2H]C([2H])([2H])c1cnc(-c2[c-]ccc3c2oc2nc(C([2H])(C)C)ccc23)cc1-c1ccccc1.[2H]C([2H])(c1cc(-c2[c-]ccc(-c3ccccc3)c2)ncc1[Si](C)(C)C)C(C)C.[Ir]. The second-order valence-electron chi connectivity index (χ2n) is 15.2. The van der Waals surface area contributed by atoms with E-state index < -0.39 is 27.2 Å². The molecule has 4 nitrogen and oxygen atoms in total. The first-order valence-electron chi connectivity index (χ1n) is 21.6. The average Bonchev–Trinajstić information content (AvgIpc) is 3.61. The van der Waals surface area contributed by atoms with Crippen molar-refractivity contribution in [3.05, 3.63) is 157 Å². The first kappa shape index (κ1) is 33.2. The fourth-order valence-corrected chi connectivity index (χ4v) is 8.00. The summed E-state index contributed by atoms with van der Waals surface area (Å²) in [7, 11) is -1.73. The van der Waals surface area contributed by atoms with Crippen LogP contribution in [0.3, 0.4) is 0 Å². The molecule has 4 aromatic carbocycles. The molecule has 0 saturated carbocycles. The van der Waals surface area contributed by atoms with Crippen LogP contribution in [0, 0.1) is 24.9 Å². The van der Waals surface area contributed by atoms with Crippen LogP contribution in [0.5, 0.6) is 0 Å². The maximum atomic E-state index is 8.73. The quantitative estimate of drug-likeness (QED) is 0.113. The van der Waals surface area contributed by atoms with Crippen molar-refractivity contribution in [2.45, 2.75) is 66.5 Å². The Kier molecular flexibility index (Phi) is 10.3. The van der Waals surface area contributed by atoms with Crippen molar-refractivity contribution in [2.75, 3.05) is 0 Å². The van der Waals surface area contributed by atoms with Gasteiger partial charge in [0.05, 0.1) is 13.7 Å². The first-order chi connectivity index (χ1) is 28.7. The standard InChI is InChI=1S/C26H21N2O.C24H28NSi.Ir/c1-16(2)23-13-12-20-19-10-7-11-21(25(19)29-26(20)28-23)24-14-22(17(3)15-27-24)18-8-5-4-6-9-18;1-18(2)14-22-16-23(25-17-24(22)26(3,4)5)21-13-9-12-20(15-21)19-10-7-6-8-11-19;/h4-10,12-16H,1-3H3;6-12,15-18H,14H2,1-5H3;/q2*-1;/i3D3,16D;14D2;. The molecule has 56 heavy (non-hydrogen) atoms. The smallest absolute Gasteiger partial charge is 0.216 e. The van der Waals surface area contributed by atoms with Crippen molar-refractivity contribution in [2.24, 2.45) is 5.92 Å². The zero-order chi connectivity index (χ0) is 43.9. The van der Waals surface area contributed by atoms with E-state index in [1.807, 2.05) is 105 Å². The van der Waals surface area contributed by atoms with Gasteiger partial charge in [0, 0.05) is 51.8 Å². The zero-order valence-corrected chi connectivity index (χ0v) is 36.2. The van der Waals surface area contributed by atoms with Crippen LogP contribution in [-0.2, 0) is 26.5 Å². The van der Waals surface area contributed by atoms with Crippen molar-refractivity contribution in [1.29, 1.82) is 0 Å². The van der Waals surface area contributed by atoms with Gasteiger partial charge in [0.25, 0.3) is 0 Å². The summed E-state index contributed by atoms with van der Waals surface area (Å²) < 4.78 is 55.7. The number of rotatable bonds is 8. The molecule has 0 saturated heterocycles. The number of nitrogens with zero attached hydrogens (tertiary/aromatic N) is 3. The minimum absolute atomic E-state index is 0. The van der Waals surface area contributed by atoms with E-state index in [4.69, 9.17) is 17.6 Å². The van der Waals surface area contributed by atoms with E-state index in [0.717, 1.165) is 49.5 Å². The van der Waals surface area contributed by atoms with Crippen LogP contribution in [0.25, 0.3) is 66.8 Å². The molecule has 0 aliphatic carbocycles. The van der Waals surface area contributed by atoms with E-state index in [-0.39, 0.29) is 31.6 Å². The molecule has 0 amide bonds. The largest absolute Gasteiger partial charge is 0.486 e. The Balaban J connectivity index is 0.000000207. The second kappa shape index (κ2) is 17.4. The van der Waals surface area contributed by atoms with Crippen molar-refractivity contribution >= 4 is 35.3 Å². The third-order valence-corrected chi connectivity index (χ3v) is 11.4. The number of furan rings is 1. The van der Waals surface area contributed by atoms with E-state index in [9.17, 15) is 0 Å². The van der Waals surface area contributed by atoms with E-state index in [2.05, 4.69) is 59.9 Å². The molecule has 8 rings (SSSR count). The van der Waals surface area contributed by atoms with Gasteiger partial charge in [-0.05, 0) is 76.0 Å². The third kappa shape index (κ3) is 9.00. The molecule has 0 aliphatic rings. The number of aromatic nitrogens is 3. The van der Waals surface area contributed by atoms with Gasteiger partial charge in [-0.15, -0.1) is 53.6 Å². The van der Waals surface area contributed by atoms with E-state index in [1.165, 1.54) is 6.20 Å². The summed E-state index contributed by atoms with van der Waals surface area (Å²) in [5.74, 6) is -0.961. The number of fused-ring (bicyclic) bond motifs is 3. The fraction of sp³-hybridized carbons (Fsp3) is 0.220. The molecule has 1 radical (unpaired) electrons. The van der Waals surface area contributed by atoms with E-state index in [0.29, 0.717) is 33.8 Å². The summed E-state index contributed by atoms with van der Waals surface area (Å²) in [5, 5.41) is 2.80. The molecule has 0 N–H and O–H groups in total. The van der Waals surface area contributed by atoms with Crippen LogP contribution < -0.4 is 5.19 Å². The summed E-state index contributed by atoms with van der Waals surface area (Å²) in [5.41, 5.74) is 9.14. The minimum atomic E-state index is -2.30. The van der Waals surface area contributed by atoms with Crippen molar-refractivity contribution < 1.29 is 32.7 Å². The van der Waals surface area contributed by atoms with Crippen LogP contribution in [0.1, 0.15) is 58.6 Å². The molecule has 4 heterocycles.